The van der Waals surface area contributed by atoms with Crippen LogP contribution < -0.4 is 5.32 Å². The molecule has 1 fully saturated rings. The highest BCUT2D eigenvalue weighted by atomic mass is 32.2. The van der Waals surface area contributed by atoms with Crippen LogP contribution in [0.5, 0.6) is 0 Å². The summed E-state index contributed by atoms with van der Waals surface area (Å²) in [5.74, 6) is 1.12. The summed E-state index contributed by atoms with van der Waals surface area (Å²) in [4.78, 5) is 7.97. The lowest BCUT2D eigenvalue weighted by atomic mass is 10.2. The average Bonchev–Trinajstić information content (AvgIpc) is 3.08. The quantitative estimate of drug-likeness (QED) is 0.620. The van der Waals surface area contributed by atoms with Crippen molar-refractivity contribution in [2.45, 2.75) is 37.4 Å². The van der Waals surface area contributed by atoms with Gasteiger partial charge in [-0.15, -0.1) is 0 Å². The van der Waals surface area contributed by atoms with Crippen LogP contribution in [0.15, 0.2) is 23.4 Å². The number of hydrogen-bond donors (Lipinski definition) is 2. The third-order valence-corrected chi connectivity index (χ3v) is 4.15. The zero-order valence-electron chi connectivity index (χ0n) is 10.7. The van der Waals surface area contributed by atoms with Crippen molar-refractivity contribution in [1.82, 2.24) is 15.3 Å². The molecule has 0 atom stereocenters. The second-order valence-corrected chi connectivity index (χ2v) is 6.08. The molecule has 3 rings (SSSR count). The molecule has 1 aromatic carbocycles. The number of fused-ring (bicyclic) bond motifs is 1. The van der Waals surface area contributed by atoms with Crippen LogP contribution in [0.25, 0.3) is 11.0 Å². The van der Waals surface area contributed by atoms with Crippen LogP contribution in [0.4, 0.5) is 0 Å². The first-order valence-corrected chi connectivity index (χ1v) is 7.62. The van der Waals surface area contributed by atoms with E-state index in [1.807, 2.05) is 11.8 Å². The lowest BCUT2D eigenvalue weighted by molar-refractivity contribution is 0.674. The van der Waals surface area contributed by atoms with Gasteiger partial charge in [0.15, 0.2) is 5.16 Å². The van der Waals surface area contributed by atoms with Crippen LogP contribution >= 0.6 is 11.8 Å². The van der Waals surface area contributed by atoms with Crippen LogP contribution in [0.2, 0.25) is 0 Å². The fourth-order valence-corrected chi connectivity index (χ4v) is 2.83. The van der Waals surface area contributed by atoms with Crippen molar-refractivity contribution in [2.75, 3.05) is 12.3 Å². The Balaban J connectivity index is 1.50. The van der Waals surface area contributed by atoms with Crippen LogP contribution in [0, 0.1) is 6.92 Å². The van der Waals surface area contributed by atoms with Crippen molar-refractivity contribution in [3.63, 3.8) is 0 Å². The predicted molar refractivity (Wildman–Crippen MR) is 77.2 cm³/mol. The zero-order chi connectivity index (χ0) is 12.4. The van der Waals surface area contributed by atoms with Gasteiger partial charge >= 0.3 is 0 Å². The van der Waals surface area contributed by atoms with Crippen LogP contribution in [-0.4, -0.2) is 28.3 Å². The van der Waals surface area contributed by atoms with Gasteiger partial charge in [-0.1, -0.05) is 17.8 Å². The van der Waals surface area contributed by atoms with E-state index < -0.39 is 0 Å². The monoisotopic (exact) mass is 261 g/mol. The van der Waals surface area contributed by atoms with Crippen LogP contribution in [-0.2, 0) is 0 Å². The van der Waals surface area contributed by atoms with Gasteiger partial charge in [0.1, 0.15) is 0 Å². The second kappa shape index (κ2) is 5.33. The minimum absolute atomic E-state index is 0.823. The molecule has 1 saturated carbocycles. The fraction of sp³-hybridized carbons (Fsp3) is 0.500. The Morgan fingerprint density at radius 2 is 2.33 bits per heavy atom. The summed E-state index contributed by atoms with van der Waals surface area (Å²) in [6, 6.07) is 7.17. The smallest absolute Gasteiger partial charge is 0.166 e. The predicted octanol–water partition coefficient (Wildman–Crippen LogP) is 3.11. The van der Waals surface area contributed by atoms with Gasteiger partial charge in [0.25, 0.3) is 0 Å². The number of hydrogen-bond acceptors (Lipinski definition) is 3. The second-order valence-electron chi connectivity index (χ2n) is 4.99. The van der Waals surface area contributed by atoms with Gasteiger partial charge < -0.3 is 10.3 Å². The molecule has 0 amide bonds. The molecule has 1 aliphatic rings. The standard InChI is InChI=1S/C14H19N3S/c1-10-3-6-12-13(9-10)17-14(16-12)18-8-2-7-15-11-4-5-11/h3,6,9,11,15H,2,4-5,7-8H2,1H3,(H,16,17). The van der Waals surface area contributed by atoms with Crippen molar-refractivity contribution < 1.29 is 0 Å². The summed E-state index contributed by atoms with van der Waals surface area (Å²) in [5, 5.41) is 4.58. The Morgan fingerprint density at radius 3 is 3.17 bits per heavy atom. The number of aryl methyl sites for hydroxylation is 1. The Bertz CT molecular complexity index is 531. The van der Waals surface area contributed by atoms with E-state index in [1.54, 1.807) is 0 Å². The molecule has 1 heterocycles. The summed E-state index contributed by atoms with van der Waals surface area (Å²) < 4.78 is 0. The molecule has 0 spiro atoms. The number of aromatic nitrogens is 2. The van der Waals surface area contributed by atoms with Crippen molar-refractivity contribution in [2.24, 2.45) is 0 Å². The molecule has 1 aromatic heterocycles. The average molecular weight is 261 g/mol. The Labute approximate surface area is 112 Å². The molecule has 96 valence electrons. The number of benzene rings is 1. The van der Waals surface area contributed by atoms with Crippen molar-refractivity contribution in [3.8, 4) is 0 Å². The third kappa shape index (κ3) is 3.06. The summed E-state index contributed by atoms with van der Waals surface area (Å²) in [6.45, 7) is 3.24. The molecular formula is C14H19N3S. The van der Waals surface area contributed by atoms with Crippen molar-refractivity contribution in [1.29, 1.82) is 0 Å². The molecular weight excluding hydrogens is 242 g/mol. The van der Waals surface area contributed by atoms with E-state index in [-0.39, 0.29) is 0 Å². The Hall–Kier alpha value is -1.00. The maximum atomic E-state index is 4.59. The minimum atomic E-state index is 0.823. The van der Waals surface area contributed by atoms with Crippen molar-refractivity contribution in [3.05, 3.63) is 23.8 Å². The molecule has 3 nitrogen and oxygen atoms in total. The summed E-state index contributed by atoms with van der Waals surface area (Å²) in [7, 11) is 0. The first-order chi connectivity index (χ1) is 8.81. The normalized spacial score (nSPS) is 15.4. The summed E-state index contributed by atoms with van der Waals surface area (Å²) >= 11 is 1.82. The molecule has 1 aliphatic carbocycles. The number of imidazole rings is 1. The van der Waals surface area contributed by atoms with Gasteiger partial charge in [0, 0.05) is 11.8 Å². The van der Waals surface area contributed by atoms with E-state index in [4.69, 9.17) is 0 Å². The van der Waals surface area contributed by atoms with Crippen LogP contribution in [0.3, 0.4) is 0 Å². The van der Waals surface area contributed by atoms with Gasteiger partial charge in [-0.05, 0) is 50.4 Å². The molecule has 0 aliphatic heterocycles. The molecule has 18 heavy (non-hydrogen) atoms. The number of thioether (sulfide) groups is 1. The molecule has 0 bridgehead atoms. The first-order valence-electron chi connectivity index (χ1n) is 6.64. The molecule has 2 aromatic rings. The number of H-pyrrole nitrogens is 1. The highest BCUT2D eigenvalue weighted by Crippen LogP contribution is 2.21. The fourth-order valence-electron chi connectivity index (χ4n) is 2.00. The van der Waals surface area contributed by atoms with Crippen LogP contribution in [0.1, 0.15) is 24.8 Å². The molecule has 2 N–H and O–H groups in total. The molecule has 4 heteroatoms. The van der Waals surface area contributed by atoms with Gasteiger partial charge in [-0.2, -0.15) is 0 Å². The molecule has 0 radical (unpaired) electrons. The SMILES string of the molecule is Cc1ccc2nc(SCCCNC3CC3)[nH]c2c1. The number of aromatic amines is 1. The van der Waals surface area contributed by atoms with E-state index in [9.17, 15) is 0 Å². The minimum Gasteiger partial charge on any atom is -0.333 e. The number of nitrogens with zero attached hydrogens (tertiary/aromatic N) is 1. The van der Waals surface area contributed by atoms with E-state index in [1.165, 1.54) is 24.8 Å². The van der Waals surface area contributed by atoms with Gasteiger partial charge in [-0.25, -0.2) is 4.98 Å². The highest BCUT2D eigenvalue weighted by molar-refractivity contribution is 7.99. The number of rotatable bonds is 6. The van der Waals surface area contributed by atoms with E-state index >= 15 is 0 Å². The van der Waals surface area contributed by atoms with Gasteiger partial charge in [0.05, 0.1) is 11.0 Å². The topological polar surface area (TPSA) is 40.7 Å². The third-order valence-electron chi connectivity index (χ3n) is 3.19. The van der Waals surface area contributed by atoms with E-state index in [0.29, 0.717) is 0 Å². The Kier molecular flexibility index (Phi) is 3.57. The van der Waals surface area contributed by atoms with Gasteiger partial charge in [0.2, 0.25) is 0 Å². The number of nitrogens with one attached hydrogen (secondary N) is 2. The lowest BCUT2D eigenvalue weighted by Gasteiger charge is -2.00. The van der Waals surface area contributed by atoms with E-state index in [0.717, 1.165) is 34.5 Å². The lowest BCUT2D eigenvalue weighted by Crippen LogP contribution is -2.17. The zero-order valence-corrected chi connectivity index (χ0v) is 11.5. The maximum Gasteiger partial charge on any atom is 0.166 e. The maximum absolute atomic E-state index is 4.59. The Morgan fingerprint density at radius 1 is 1.44 bits per heavy atom. The summed E-state index contributed by atoms with van der Waals surface area (Å²) in [6.07, 6.45) is 3.95. The van der Waals surface area contributed by atoms with Crippen molar-refractivity contribution >= 4 is 22.8 Å². The largest absolute Gasteiger partial charge is 0.333 e. The molecule has 0 saturated heterocycles. The summed E-state index contributed by atoms with van der Waals surface area (Å²) in [5.41, 5.74) is 3.49. The molecule has 0 unspecified atom stereocenters. The van der Waals surface area contributed by atoms with Gasteiger partial charge in [-0.3, -0.25) is 0 Å². The highest BCUT2D eigenvalue weighted by Gasteiger charge is 2.19. The first kappa shape index (κ1) is 12.1. The van der Waals surface area contributed by atoms with E-state index in [2.05, 4.69) is 40.4 Å².